The minimum Gasteiger partial charge on any atom is -0.378 e. The van der Waals surface area contributed by atoms with Gasteiger partial charge in [-0.2, -0.15) is 0 Å². The molecule has 2 fully saturated rings. The first-order chi connectivity index (χ1) is 14.2. The molecule has 0 radical (unpaired) electrons. The van der Waals surface area contributed by atoms with Crippen molar-refractivity contribution >= 4 is 21.5 Å². The lowest BCUT2D eigenvalue weighted by Gasteiger charge is -2.31. The third-order valence-electron chi connectivity index (χ3n) is 5.70. The van der Waals surface area contributed by atoms with Crippen molar-refractivity contribution in [2.24, 2.45) is 0 Å². The van der Waals surface area contributed by atoms with E-state index in [-0.39, 0.29) is 23.7 Å². The number of anilines is 2. The van der Waals surface area contributed by atoms with E-state index in [1.807, 2.05) is 6.07 Å². The van der Waals surface area contributed by atoms with Crippen LogP contribution in [0.15, 0.2) is 35.5 Å². The maximum absolute atomic E-state index is 13.6. The highest BCUT2D eigenvalue weighted by molar-refractivity contribution is 7.92. The lowest BCUT2D eigenvalue weighted by Crippen LogP contribution is -2.36. The molecule has 2 aliphatic rings. The summed E-state index contributed by atoms with van der Waals surface area (Å²) in [7, 11) is -3.77. The summed E-state index contributed by atoms with van der Waals surface area (Å²) in [6.45, 7) is 2.37. The summed E-state index contributed by atoms with van der Waals surface area (Å²) in [5.74, 6) is -2.66. The van der Waals surface area contributed by atoms with E-state index < -0.39 is 33.9 Å². The maximum Gasteiger partial charge on any atom is 0.248 e. The molecule has 1 aromatic heterocycles. The highest BCUT2D eigenvalue weighted by Gasteiger charge is 2.40. The van der Waals surface area contributed by atoms with Crippen molar-refractivity contribution < 1.29 is 21.9 Å². The lowest BCUT2D eigenvalue weighted by atomic mass is 9.96. The van der Waals surface area contributed by atoms with Crippen LogP contribution in [-0.4, -0.2) is 55.9 Å². The van der Waals surface area contributed by atoms with Gasteiger partial charge < -0.3 is 15.4 Å². The Hall–Kier alpha value is -2.33. The van der Waals surface area contributed by atoms with Gasteiger partial charge in [0.15, 0.2) is 9.84 Å². The van der Waals surface area contributed by atoms with Crippen molar-refractivity contribution in [3.63, 3.8) is 0 Å². The van der Waals surface area contributed by atoms with Crippen molar-refractivity contribution in [1.82, 2.24) is 9.97 Å². The molecule has 1 saturated heterocycles. The van der Waals surface area contributed by atoms with Gasteiger partial charge in [0.1, 0.15) is 0 Å². The molecule has 0 atom stereocenters. The number of sulfone groups is 1. The summed E-state index contributed by atoms with van der Waals surface area (Å²) in [6.07, 6.45) is 2.18. The second-order valence-electron chi connectivity index (χ2n) is 7.75. The van der Waals surface area contributed by atoms with Crippen LogP contribution < -0.4 is 10.6 Å². The van der Waals surface area contributed by atoms with E-state index in [2.05, 4.69) is 14.9 Å². The number of aromatic nitrogens is 2. The molecule has 162 valence electrons. The second-order valence-corrected chi connectivity index (χ2v) is 9.97. The fourth-order valence-electron chi connectivity index (χ4n) is 3.92. The number of nitrogens with two attached hydrogens (primary N) is 1. The molecular weight excluding hydrogens is 414 g/mol. The number of hydrogen-bond acceptors (Lipinski definition) is 7. The zero-order chi connectivity index (χ0) is 21.4. The van der Waals surface area contributed by atoms with Crippen LogP contribution in [0.2, 0.25) is 0 Å². The molecule has 2 heterocycles. The zero-order valence-electron chi connectivity index (χ0n) is 16.4. The fraction of sp³-hybridized carbons (Fsp3) is 0.500. The van der Waals surface area contributed by atoms with Gasteiger partial charge in [0.05, 0.1) is 23.4 Å². The summed E-state index contributed by atoms with van der Waals surface area (Å²) in [4.78, 5) is 10.2. The molecule has 0 bridgehead atoms. The molecule has 1 saturated carbocycles. The number of nitrogens with zero attached hydrogens (tertiary/aromatic N) is 3. The Morgan fingerprint density at radius 1 is 1.03 bits per heavy atom. The predicted molar refractivity (Wildman–Crippen MR) is 109 cm³/mol. The van der Waals surface area contributed by atoms with Gasteiger partial charge in [-0.15, -0.1) is 0 Å². The molecule has 1 aliphatic carbocycles. The van der Waals surface area contributed by atoms with Gasteiger partial charge in [-0.25, -0.2) is 27.2 Å². The lowest BCUT2D eigenvalue weighted by molar-refractivity contribution is -0.0328. The van der Waals surface area contributed by atoms with Crippen LogP contribution in [0.4, 0.5) is 20.4 Å². The van der Waals surface area contributed by atoms with E-state index in [0.717, 1.165) is 5.69 Å². The zero-order valence-corrected chi connectivity index (χ0v) is 17.2. The summed E-state index contributed by atoms with van der Waals surface area (Å²) in [5, 5.41) is -0.812. The molecule has 2 aromatic rings. The standard InChI is InChI=1S/C20H24F2N4O3S/c21-20(22)3-1-17(2-4-20)30(27,28)18-10-14(15-12-24-19(23)25-13-15)9-16(11-18)26-5-7-29-8-6-26/h9-13,17H,1-8H2,(H2,23,24,25). The molecule has 0 amide bonds. The normalized spacial score (nSPS) is 20.3. The van der Waals surface area contributed by atoms with E-state index in [1.54, 1.807) is 24.5 Å². The van der Waals surface area contributed by atoms with Gasteiger partial charge in [-0.05, 0) is 36.6 Å². The van der Waals surface area contributed by atoms with Gasteiger partial charge in [0, 0.05) is 49.6 Å². The smallest absolute Gasteiger partial charge is 0.248 e. The first-order valence-corrected chi connectivity index (χ1v) is 11.5. The minimum absolute atomic E-state index is 0.0442. The Morgan fingerprint density at radius 2 is 1.67 bits per heavy atom. The number of alkyl halides is 2. The molecule has 4 rings (SSSR count). The summed E-state index contributed by atoms with van der Waals surface area (Å²) in [5.41, 5.74) is 7.58. The van der Waals surface area contributed by atoms with Crippen molar-refractivity contribution in [2.75, 3.05) is 36.9 Å². The molecule has 2 N–H and O–H groups in total. The van der Waals surface area contributed by atoms with Gasteiger partial charge in [-0.1, -0.05) is 0 Å². The number of nitrogen functional groups attached to an aromatic ring is 1. The van der Waals surface area contributed by atoms with Gasteiger partial charge >= 0.3 is 0 Å². The molecule has 0 unspecified atom stereocenters. The van der Waals surface area contributed by atoms with Crippen molar-refractivity contribution in [3.8, 4) is 11.1 Å². The molecule has 30 heavy (non-hydrogen) atoms. The quantitative estimate of drug-likeness (QED) is 0.784. The third kappa shape index (κ3) is 4.39. The van der Waals surface area contributed by atoms with Gasteiger partial charge in [-0.3, -0.25) is 0 Å². The Balaban J connectivity index is 1.74. The number of ether oxygens (including phenoxy) is 1. The van der Waals surface area contributed by atoms with E-state index in [4.69, 9.17) is 10.5 Å². The van der Waals surface area contributed by atoms with Crippen molar-refractivity contribution in [2.45, 2.75) is 41.8 Å². The van der Waals surface area contributed by atoms with Gasteiger partial charge in [0.2, 0.25) is 11.9 Å². The van der Waals surface area contributed by atoms with E-state index in [1.165, 1.54) is 0 Å². The van der Waals surface area contributed by atoms with Crippen LogP contribution in [-0.2, 0) is 14.6 Å². The minimum atomic E-state index is -3.77. The SMILES string of the molecule is Nc1ncc(-c2cc(N3CCOCC3)cc(S(=O)(=O)C3CCC(F)(F)CC3)c2)cn1. The van der Waals surface area contributed by atoms with Crippen LogP contribution in [0.25, 0.3) is 11.1 Å². The van der Waals surface area contributed by atoms with Crippen molar-refractivity contribution in [1.29, 1.82) is 0 Å². The maximum atomic E-state index is 13.6. The Kier molecular flexibility index (Phi) is 5.63. The Labute approximate surface area is 174 Å². The predicted octanol–water partition coefficient (Wildman–Crippen LogP) is 2.91. The number of morpholine rings is 1. The molecular formula is C20H24F2N4O3S. The first-order valence-electron chi connectivity index (χ1n) is 9.92. The van der Waals surface area contributed by atoms with Crippen LogP contribution in [0.1, 0.15) is 25.7 Å². The van der Waals surface area contributed by atoms with Crippen LogP contribution in [0, 0.1) is 0 Å². The van der Waals surface area contributed by atoms with Crippen LogP contribution >= 0.6 is 0 Å². The number of halogens is 2. The van der Waals surface area contributed by atoms with Crippen LogP contribution in [0.5, 0.6) is 0 Å². The summed E-state index contributed by atoms with van der Waals surface area (Å²) >= 11 is 0. The highest BCUT2D eigenvalue weighted by Crippen LogP contribution is 2.39. The number of hydrogen-bond donors (Lipinski definition) is 1. The highest BCUT2D eigenvalue weighted by atomic mass is 32.2. The largest absolute Gasteiger partial charge is 0.378 e. The molecule has 0 spiro atoms. The second kappa shape index (κ2) is 8.07. The van der Waals surface area contributed by atoms with Crippen molar-refractivity contribution in [3.05, 3.63) is 30.6 Å². The number of benzene rings is 1. The van der Waals surface area contributed by atoms with Crippen LogP contribution in [0.3, 0.4) is 0 Å². The van der Waals surface area contributed by atoms with E-state index in [0.29, 0.717) is 37.4 Å². The number of rotatable bonds is 4. The van der Waals surface area contributed by atoms with E-state index >= 15 is 0 Å². The first kappa shape index (κ1) is 20.9. The molecule has 7 nitrogen and oxygen atoms in total. The monoisotopic (exact) mass is 438 g/mol. The Morgan fingerprint density at radius 3 is 2.30 bits per heavy atom. The topological polar surface area (TPSA) is 98.4 Å². The fourth-order valence-corrected chi connectivity index (χ4v) is 5.74. The molecule has 10 heteroatoms. The average molecular weight is 439 g/mol. The molecule has 1 aliphatic heterocycles. The van der Waals surface area contributed by atoms with Gasteiger partial charge in [0.25, 0.3) is 0 Å². The van der Waals surface area contributed by atoms with E-state index in [9.17, 15) is 17.2 Å². The summed E-state index contributed by atoms with van der Waals surface area (Å²) < 4.78 is 59.2. The summed E-state index contributed by atoms with van der Waals surface area (Å²) in [6, 6.07) is 5.09. The average Bonchev–Trinajstić information content (AvgIpc) is 2.74. The third-order valence-corrected chi connectivity index (χ3v) is 7.95. The Bertz CT molecular complexity index is 999. The molecule has 1 aromatic carbocycles.